The Morgan fingerprint density at radius 2 is 1.27 bits per heavy atom. The summed E-state index contributed by atoms with van der Waals surface area (Å²) < 4.78 is 13.7. The highest BCUT2D eigenvalue weighted by Gasteiger charge is 2.52. The summed E-state index contributed by atoms with van der Waals surface area (Å²) in [6.07, 6.45) is -2.04. The molecule has 3 bridgehead atoms. The number of rotatable bonds is 0. The van der Waals surface area contributed by atoms with Crippen LogP contribution in [0, 0.1) is 0 Å². The van der Waals surface area contributed by atoms with E-state index in [1.54, 1.807) is 0 Å². The van der Waals surface area contributed by atoms with Crippen LogP contribution in [0.2, 0.25) is 0 Å². The van der Waals surface area contributed by atoms with E-state index in [-0.39, 0.29) is 0 Å². The second kappa shape index (κ2) is 4.24. The zero-order valence-corrected chi connectivity index (χ0v) is 10.6. The summed E-state index contributed by atoms with van der Waals surface area (Å²) in [5.41, 5.74) is -2.62. The summed E-state index contributed by atoms with van der Waals surface area (Å²) in [5, 5.41) is 19.7. The number of carbonyl (C=O) groups excluding carboxylic acids is 5. The Morgan fingerprint density at radius 3 is 1.86 bits per heavy atom. The Balaban J connectivity index is 2.30. The summed E-state index contributed by atoms with van der Waals surface area (Å²) in [6.45, 7) is 0. The Morgan fingerprint density at radius 1 is 0.773 bits per heavy atom. The van der Waals surface area contributed by atoms with E-state index >= 15 is 0 Å². The van der Waals surface area contributed by atoms with Crippen LogP contribution in [0.5, 0.6) is 0 Å². The average molecular weight is 310 g/mol. The van der Waals surface area contributed by atoms with Gasteiger partial charge in [-0.15, -0.1) is 0 Å². The zero-order chi connectivity index (χ0) is 16.2. The second-order valence-corrected chi connectivity index (χ2v) is 4.72. The van der Waals surface area contributed by atoms with Crippen LogP contribution in [0.25, 0.3) is 0 Å². The summed E-state index contributed by atoms with van der Waals surface area (Å²) >= 11 is 0. The fraction of sp³-hybridized carbons (Fsp3) is 0.250. The first kappa shape index (κ1) is 13.9. The van der Waals surface area contributed by atoms with Crippen molar-refractivity contribution in [2.24, 2.45) is 0 Å². The topological polar surface area (TPSA) is 154 Å². The third-order valence-electron chi connectivity index (χ3n) is 3.14. The van der Waals surface area contributed by atoms with Gasteiger partial charge in [0.05, 0.1) is 12.8 Å². The normalized spacial score (nSPS) is 28.5. The molecule has 1 saturated heterocycles. The number of hydrogen-bond acceptors (Lipinski definition) is 10. The molecule has 10 heteroatoms. The minimum absolute atomic E-state index is 1.00. The predicted molar refractivity (Wildman–Crippen MR) is 59.2 cm³/mol. The fourth-order valence-electron chi connectivity index (χ4n) is 2.08. The number of esters is 3. The molecule has 10 nitrogen and oxygen atoms in total. The molecule has 0 saturated carbocycles. The molecule has 22 heavy (non-hydrogen) atoms. The number of aliphatic hydroxyl groups excluding tert-OH is 1. The van der Waals surface area contributed by atoms with E-state index in [2.05, 4.69) is 14.2 Å². The number of ether oxygens (including phenoxy) is 3. The highest BCUT2D eigenvalue weighted by molar-refractivity contribution is 6.23. The predicted octanol–water partition coefficient (Wildman–Crippen LogP) is -1.71. The van der Waals surface area contributed by atoms with Crippen molar-refractivity contribution in [1.82, 2.24) is 0 Å². The maximum Gasteiger partial charge on any atom is 0.345 e. The van der Waals surface area contributed by atoms with Crippen molar-refractivity contribution in [2.75, 3.05) is 0 Å². The van der Waals surface area contributed by atoms with Gasteiger partial charge in [0.2, 0.25) is 23.0 Å². The molecule has 3 rings (SSSR count). The van der Waals surface area contributed by atoms with Gasteiger partial charge in [-0.2, -0.15) is 0 Å². The minimum Gasteiger partial charge on any atom is -0.501 e. The Labute approximate surface area is 120 Å². The Bertz CT molecular complexity index is 739. The second-order valence-electron chi connectivity index (χ2n) is 4.72. The summed E-state index contributed by atoms with van der Waals surface area (Å²) in [7, 11) is 0. The number of fused-ring (bicyclic) bond motifs is 3. The maximum atomic E-state index is 12.0. The van der Waals surface area contributed by atoms with Crippen LogP contribution in [-0.2, 0) is 38.2 Å². The molecule has 1 fully saturated rings. The smallest absolute Gasteiger partial charge is 0.345 e. The Hall–Kier alpha value is -3.01. The van der Waals surface area contributed by atoms with Crippen molar-refractivity contribution in [3.05, 3.63) is 23.0 Å². The summed E-state index contributed by atoms with van der Waals surface area (Å²) in [4.78, 5) is 59.2. The SMILES string of the molecule is O=C1CC2(O)CC(=O)OC3=C(OC2=O)C(=O)C(=C(O)C3=O)O1. The zero-order valence-electron chi connectivity index (χ0n) is 10.6. The van der Waals surface area contributed by atoms with Gasteiger partial charge >= 0.3 is 17.9 Å². The Kier molecular flexibility index (Phi) is 2.69. The molecule has 0 aromatic carbocycles. The van der Waals surface area contributed by atoms with E-state index in [1.807, 2.05) is 0 Å². The molecule has 2 heterocycles. The average Bonchev–Trinajstić information content (AvgIpc) is 2.43. The molecular formula is C12H6O10. The lowest BCUT2D eigenvalue weighted by Crippen LogP contribution is -2.45. The molecule has 0 aromatic heterocycles. The van der Waals surface area contributed by atoms with Crippen LogP contribution >= 0.6 is 0 Å². The van der Waals surface area contributed by atoms with Crippen LogP contribution in [-0.4, -0.2) is 45.3 Å². The first-order valence-electron chi connectivity index (χ1n) is 5.86. The maximum absolute atomic E-state index is 12.0. The molecule has 0 amide bonds. The molecule has 0 aromatic rings. The van der Waals surface area contributed by atoms with E-state index in [9.17, 15) is 34.2 Å². The van der Waals surface area contributed by atoms with Crippen LogP contribution < -0.4 is 0 Å². The van der Waals surface area contributed by atoms with Gasteiger partial charge in [-0.05, 0) is 0 Å². The van der Waals surface area contributed by atoms with Gasteiger partial charge in [0.25, 0.3) is 11.6 Å². The molecule has 114 valence electrons. The number of aliphatic hydroxyl groups is 2. The molecule has 1 atom stereocenters. The van der Waals surface area contributed by atoms with Crippen molar-refractivity contribution in [1.29, 1.82) is 0 Å². The van der Waals surface area contributed by atoms with Crippen LogP contribution in [0.3, 0.4) is 0 Å². The standard InChI is InChI=1S/C12H6O10/c13-3-1-12(19)2-4(14)21-9-6(16)5(15)8(20-3)7(17)10(9)22-11(12)18/h15,19H,1-2H2. The van der Waals surface area contributed by atoms with E-state index in [0.717, 1.165) is 0 Å². The van der Waals surface area contributed by atoms with E-state index < -0.39 is 71.0 Å². The summed E-state index contributed by atoms with van der Waals surface area (Å²) in [5.74, 6) is -11.2. The first-order valence-corrected chi connectivity index (χ1v) is 5.86. The highest BCUT2D eigenvalue weighted by Crippen LogP contribution is 2.34. The molecule has 3 aliphatic rings. The van der Waals surface area contributed by atoms with Gasteiger partial charge in [-0.25, -0.2) is 4.79 Å². The number of carbonyl (C=O) groups is 5. The molecule has 0 radical (unpaired) electrons. The van der Waals surface area contributed by atoms with E-state index in [1.165, 1.54) is 0 Å². The molecule has 1 unspecified atom stereocenters. The molecule has 0 spiro atoms. The largest absolute Gasteiger partial charge is 0.501 e. The minimum atomic E-state index is -2.62. The van der Waals surface area contributed by atoms with Crippen LogP contribution in [0.4, 0.5) is 0 Å². The van der Waals surface area contributed by atoms with Gasteiger partial charge in [-0.3, -0.25) is 19.2 Å². The molecule has 2 N–H and O–H groups in total. The van der Waals surface area contributed by atoms with E-state index in [4.69, 9.17) is 0 Å². The molecular weight excluding hydrogens is 304 g/mol. The lowest BCUT2D eigenvalue weighted by Gasteiger charge is -2.26. The quantitative estimate of drug-likeness (QED) is 0.300. The van der Waals surface area contributed by atoms with Crippen molar-refractivity contribution < 1.29 is 48.4 Å². The van der Waals surface area contributed by atoms with Crippen molar-refractivity contribution in [2.45, 2.75) is 18.4 Å². The van der Waals surface area contributed by atoms with Crippen molar-refractivity contribution >= 4 is 29.5 Å². The third-order valence-corrected chi connectivity index (χ3v) is 3.14. The lowest BCUT2D eigenvalue weighted by atomic mass is 9.95. The van der Waals surface area contributed by atoms with E-state index in [0.29, 0.717) is 0 Å². The summed E-state index contributed by atoms with van der Waals surface area (Å²) in [6, 6.07) is 0. The fourth-order valence-corrected chi connectivity index (χ4v) is 2.08. The lowest BCUT2D eigenvalue weighted by molar-refractivity contribution is -0.175. The van der Waals surface area contributed by atoms with Gasteiger partial charge < -0.3 is 24.4 Å². The first-order chi connectivity index (χ1) is 10.2. The van der Waals surface area contributed by atoms with Crippen LogP contribution in [0.1, 0.15) is 12.8 Å². The molecule has 2 aliphatic heterocycles. The van der Waals surface area contributed by atoms with Crippen molar-refractivity contribution in [3.63, 3.8) is 0 Å². The highest BCUT2D eigenvalue weighted by atomic mass is 16.6. The van der Waals surface area contributed by atoms with Gasteiger partial charge in [-0.1, -0.05) is 0 Å². The number of Topliss-reactive ketones (excluding diaryl/α,β-unsaturated/α-hetero) is 2. The van der Waals surface area contributed by atoms with Gasteiger partial charge in [0.15, 0.2) is 5.60 Å². The molecule has 1 aliphatic carbocycles. The van der Waals surface area contributed by atoms with Crippen molar-refractivity contribution in [3.8, 4) is 0 Å². The third kappa shape index (κ3) is 1.81. The monoisotopic (exact) mass is 310 g/mol. The number of hydrogen-bond donors (Lipinski definition) is 2. The number of ketones is 2. The van der Waals surface area contributed by atoms with Gasteiger partial charge in [0.1, 0.15) is 0 Å². The van der Waals surface area contributed by atoms with Crippen LogP contribution in [0.15, 0.2) is 23.0 Å². The van der Waals surface area contributed by atoms with Gasteiger partial charge in [0, 0.05) is 0 Å².